The summed E-state index contributed by atoms with van der Waals surface area (Å²) in [7, 11) is 0. The van der Waals surface area contributed by atoms with Crippen LogP contribution in [0.4, 0.5) is 0 Å². The lowest BCUT2D eigenvalue weighted by Crippen LogP contribution is -2.46. The van der Waals surface area contributed by atoms with E-state index < -0.39 is 0 Å². The Morgan fingerprint density at radius 3 is 2.48 bits per heavy atom. The predicted molar refractivity (Wildman–Crippen MR) is 87.3 cm³/mol. The van der Waals surface area contributed by atoms with Crippen LogP contribution in [0, 0.1) is 0 Å². The highest BCUT2D eigenvalue weighted by Gasteiger charge is 2.39. The third kappa shape index (κ3) is 2.61. The molecule has 0 bridgehead atoms. The van der Waals surface area contributed by atoms with E-state index in [-0.39, 0.29) is 5.54 Å². The SMILES string of the molecule is CC1(c2ccc(Cl)cc2)CN=C(N)N1Cc1ccccc1. The van der Waals surface area contributed by atoms with Gasteiger partial charge in [-0.05, 0) is 30.2 Å². The maximum Gasteiger partial charge on any atom is 0.192 e. The van der Waals surface area contributed by atoms with Crippen molar-refractivity contribution >= 4 is 17.6 Å². The van der Waals surface area contributed by atoms with Crippen molar-refractivity contribution in [3.8, 4) is 0 Å². The molecule has 0 saturated carbocycles. The first-order valence-corrected chi connectivity index (χ1v) is 7.35. The molecule has 4 heteroatoms. The Morgan fingerprint density at radius 1 is 1.14 bits per heavy atom. The van der Waals surface area contributed by atoms with Gasteiger partial charge in [0, 0.05) is 11.6 Å². The Morgan fingerprint density at radius 2 is 1.81 bits per heavy atom. The van der Waals surface area contributed by atoms with Crippen molar-refractivity contribution in [2.45, 2.75) is 19.0 Å². The molecule has 1 heterocycles. The van der Waals surface area contributed by atoms with Crippen LogP contribution in [0.5, 0.6) is 0 Å². The molecule has 21 heavy (non-hydrogen) atoms. The van der Waals surface area contributed by atoms with Crippen LogP contribution in [0.2, 0.25) is 5.02 Å². The molecule has 1 aliphatic heterocycles. The van der Waals surface area contributed by atoms with Crippen LogP contribution in [0.3, 0.4) is 0 Å². The number of hydrogen-bond donors (Lipinski definition) is 1. The molecule has 2 aromatic carbocycles. The molecule has 2 N–H and O–H groups in total. The van der Waals surface area contributed by atoms with Crippen LogP contribution < -0.4 is 5.73 Å². The Hall–Kier alpha value is -2.00. The van der Waals surface area contributed by atoms with Gasteiger partial charge in [-0.3, -0.25) is 4.99 Å². The first kappa shape index (κ1) is 14.0. The molecule has 0 aliphatic carbocycles. The van der Waals surface area contributed by atoms with Crippen LogP contribution in [0.1, 0.15) is 18.1 Å². The topological polar surface area (TPSA) is 41.6 Å². The summed E-state index contributed by atoms with van der Waals surface area (Å²) in [6.07, 6.45) is 0. The third-order valence-corrected chi connectivity index (χ3v) is 4.32. The van der Waals surface area contributed by atoms with Crippen molar-refractivity contribution in [1.29, 1.82) is 0 Å². The van der Waals surface area contributed by atoms with Gasteiger partial charge in [0.1, 0.15) is 0 Å². The van der Waals surface area contributed by atoms with Gasteiger partial charge in [0.15, 0.2) is 5.96 Å². The summed E-state index contributed by atoms with van der Waals surface area (Å²) < 4.78 is 0. The maximum absolute atomic E-state index is 6.12. The van der Waals surface area contributed by atoms with Crippen LogP contribution in [0.25, 0.3) is 0 Å². The zero-order valence-electron chi connectivity index (χ0n) is 12.0. The summed E-state index contributed by atoms with van der Waals surface area (Å²) in [4.78, 5) is 6.61. The average Bonchev–Trinajstić information content (AvgIpc) is 2.78. The quantitative estimate of drug-likeness (QED) is 0.944. The first-order chi connectivity index (χ1) is 10.1. The zero-order valence-corrected chi connectivity index (χ0v) is 12.7. The Kier molecular flexibility index (Phi) is 3.60. The maximum atomic E-state index is 6.12. The fourth-order valence-corrected chi connectivity index (χ4v) is 2.86. The fourth-order valence-electron chi connectivity index (χ4n) is 2.74. The summed E-state index contributed by atoms with van der Waals surface area (Å²) in [6.45, 7) is 3.57. The molecule has 0 fully saturated rings. The summed E-state index contributed by atoms with van der Waals surface area (Å²) in [6, 6.07) is 18.2. The van der Waals surface area contributed by atoms with Gasteiger partial charge in [0.2, 0.25) is 0 Å². The van der Waals surface area contributed by atoms with E-state index >= 15 is 0 Å². The summed E-state index contributed by atoms with van der Waals surface area (Å²) in [5, 5.41) is 0.740. The number of guanidine groups is 1. The fraction of sp³-hybridized carbons (Fsp3) is 0.235. The molecule has 0 amide bonds. The largest absolute Gasteiger partial charge is 0.370 e. The van der Waals surface area contributed by atoms with Crippen LogP contribution in [-0.2, 0) is 12.1 Å². The third-order valence-electron chi connectivity index (χ3n) is 4.07. The molecular formula is C17H18ClN3. The molecule has 0 radical (unpaired) electrons. The van der Waals surface area contributed by atoms with Gasteiger partial charge in [-0.25, -0.2) is 0 Å². The van der Waals surface area contributed by atoms with Crippen LogP contribution >= 0.6 is 11.6 Å². The van der Waals surface area contributed by atoms with Crippen LogP contribution in [0.15, 0.2) is 59.6 Å². The van der Waals surface area contributed by atoms with Gasteiger partial charge < -0.3 is 10.6 Å². The predicted octanol–water partition coefficient (Wildman–Crippen LogP) is 3.39. The molecule has 1 atom stereocenters. The molecule has 3 rings (SSSR count). The first-order valence-electron chi connectivity index (χ1n) is 6.97. The monoisotopic (exact) mass is 299 g/mol. The van der Waals surface area contributed by atoms with Gasteiger partial charge >= 0.3 is 0 Å². The lowest BCUT2D eigenvalue weighted by Gasteiger charge is -2.36. The van der Waals surface area contributed by atoms with E-state index in [0.717, 1.165) is 11.6 Å². The normalized spacial score (nSPS) is 21.4. The van der Waals surface area contributed by atoms with Crippen molar-refractivity contribution in [3.63, 3.8) is 0 Å². The highest BCUT2D eigenvalue weighted by Crippen LogP contribution is 2.34. The molecule has 0 aromatic heterocycles. The minimum atomic E-state index is -0.232. The van der Waals surface area contributed by atoms with Crippen LogP contribution in [-0.4, -0.2) is 17.4 Å². The molecule has 1 aliphatic rings. The summed E-state index contributed by atoms with van der Waals surface area (Å²) in [5.74, 6) is 0.594. The average molecular weight is 300 g/mol. The molecule has 108 valence electrons. The number of hydrogen-bond acceptors (Lipinski definition) is 3. The van der Waals surface area contributed by atoms with Gasteiger partial charge in [-0.2, -0.15) is 0 Å². The van der Waals surface area contributed by atoms with E-state index in [1.165, 1.54) is 11.1 Å². The second-order valence-corrected chi connectivity index (χ2v) is 5.96. The van der Waals surface area contributed by atoms with Gasteiger partial charge in [-0.1, -0.05) is 54.1 Å². The number of rotatable bonds is 3. The standard InChI is InChI=1S/C17H18ClN3/c1-17(14-7-9-15(18)10-8-14)12-20-16(19)21(17)11-13-5-3-2-4-6-13/h2-10H,11-12H2,1H3,(H2,19,20). The molecule has 0 saturated heterocycles. The zero-order chi connectivity index (χ0) is 14.9. The van der Waals surface area contributed by atoms with Gasteiger partial charge in [0.25, 0.3) is 0 Å². The summed E-state index contributed by atoms with van der Waals surface area (Å²) in [5.41, 5.74) is 8.28. The second-order valence-electron chi connectivity index (χ2n) is 5.53. The second kappa shape index (κ2) is 5.41. The number of nitrogens with two attached hydrogens (primary N) is 1. The van der Waals surface area contributed by atoms with Crippen molar-refractivity contribution in [3.05, 3.63) is 70.7 Å². The van der Waals surface area contributed by atoms with Crippen molar-refractivity contribution < 1.29 is 0 Å². The minimum absolute atomic E-state index is 0.232. The highest BCUT2D eigenvalue weighted by atomic mass is 35.5. The number of nitrogens with zero attached hydrogens (tertiary/aromatic N) is 2. The smallest absolute Gasteiger partial charge is 0.192 e. The molecule has 0 spiro atoms. The lowest BCUT2D eigenvalue weighted by atomic mass is 9.90. The van der Waals surface area contributed by atoms with E-state index in [1.54, 1.807) is 0 Å². The molecule has 3 nitrogen and oxygen atoms in total. The summed E-state index contributed by atoms with van der Waals surface area (Å²) >= 11 is 5.99. The van der Waals surface area contributed by atoms with Crippen molar-refractivity contribution in [2.24, 2.45) is 10.7 Å². The lowest BCUT2D eigenvalue weighted by molar-refractivity contribution is 0.217. The van der Waals surface area contributed by atoms with E-state index in [9.17, 15) is 0 Å². The van der Waals surface area contributed by atoms with E-state index in [2.05, 4.69) is 41.1 Å². The molecular weight excluding hydrogens is 282 g/mol. The highest BCUT2D eigenvalue weighted by molar-refractivity contribution is 6.30. The van der Waals surface area contributed by atoms with Gasteiger partial charge in [-0.15, -0.1) is 0 Å². The Balaban J connectivity index is 1.92. The number of aliphatic imine (C=N–C) groups is 1. The van der Waals surface area contributed by atoms with E-state index in [0.29, 0.717) is 12.5 Å². The number of halogens is 1. The minimum Gasteiger partial charge on any atom is -0.370 e. The Bertz CT molecular complexity index is 651. The molecule has 1 unspecified atom stereocenters. The Labute approximate surface area is 130 Å². The molecule has 2 aromatic rings. The van der Waals surface area contributed by atoms with Crippen molar-refractivity contribution in [1.82, 2.24) is 4.90 Å². The van der Waals surface area contributed by atoms with E-state index in [1.807, 2.05) is 30.3 Å². The van der Waals surface area contributed by atoms with Gasteiger partial charge in [0.05, 0.1) is 12.1 Å². The van der Waals surface area contributed by atoms with Crippen molar-refractivity contribution in [2.75, 3.05) is 6.54 Å². The number of benzene rings is 2. The van der Waals surface area contributed by atoms with E-state index in [4.69, 9.17) is 17.3 Å².